The third-order valence-electron chi connectivity index (χ3n) is 7.68. The van der Waals surface area contributed by atoms with Crippen LogP contribution in [0.3, 0.4) is 0 Å². The molecule has 1 N–H and O–H groups in total. The van der Waals surface area contributed by atoms with Gasteiger partial charge in [0.15, 0.2) is 5.11 Å². The lowest BCUT2D eigenvalue weighted by Crippen LogP contribution is -2.33. The lowest BCUT2D eigenvalue weighted by atomic mass is 9.98. The number of hydrogen-bond acceptors (Lipinski definition) is 4. The first kappa shape index (κ1) is 24.9. The van der Waals surface area contributed by atoms with Gasteiger partial charge < -0.3 is 19.7 Å². The van der Waals surface area contributed by atoms with Gasteiger partial charge in [0, 0.05) is 55.8 Å². The number of nitrogens with zero attached hydrogens (tertiary/aromatic N) is 5. The van der Waals surface area contributed by atoms with E-state index in [4.69, 9.17) is 28.8 Å². The highest BCUT2D eigenvalue weighted by molar-refractivity contribution is 7.80. The lowest BCUT2D eigenvalue weighted by Gasteiger charge is -2.33. The Morgan fingerprint density at radius 2 is 1.89 bits per heavy atom. The van der Waals surface area contributed by atoms with Gasteiger partial charge in [0.25, 0.3) is 0 Å². The highest BCUT2D eigenvalue weighted by Crippen LogP contribution is 2.43. The van der Waals surface area contributed by atoms with Crippen molar-refractivity contribution in [1.82, 2.24) is 19.9 Å². The summed E-state index contributed by atoms with van der Waals surface area (Å²) in [6.45, 7) is 5.12. The van der Waals surface area contributed by atoms with Crippen LogP contribution >= 0.6 is 23.8 Å². The van der Waals surface area contributed by atoms with E-state index in [0.717, 1.165) is 58.9 Å². The van der Waals surface area contributed by atoms with Crippen LogP contribution in [0.1, 0.15) is 48.8 Å². The zero-order valence-corrected chi connectivity index (χ0v) is 22.9. The van der Waals surface area contributed by atoms with Crippen molar-refractivity contribution in [1.29, 1.82) is 0 Å². The fourth-order valence-corrected chi connectivity index (χ4v) is 6.25. The maximum Gasteiger partial charge on any atom is 0.174 e. The van der Waals surface area contributed by atoms with Gasteiger partial charge in [0.2, 0.25) is 0 Å². The normalized spacial score (nSPS) is 20.1. The lowest BCUT2D eigenvalue weighted by molar-refractivity contribution is 0.438. The van der Waals surface area contributed by atoms with E-state index < -0.39 is 0 Å². The van der Waals surface area contributed by atoms with E-state index in [1.165, 1.54) is 12.8 Å². The molecule has 3 aromatic heterocycles. The van der Waals surface area contributed by atoms with Gasteiger partial charge in [-0.2, -0.15) is 0 Å². The van der Waals surface area contributed by atoms with Crippen molar-refractivity contribution in [3.8, 4) is 0 Å². The van der Waals surface area contributed by atoms with Gasteiger partial charge in [-0.05, 0) is 85.1 Å². The van der Waals surface area contributed by atoms with Crippen molar-refractivity contribution < 1.29 is 0 Å². The van der Waals surface area contributed by atoms with E-state index >= 15 is 0 Å². The molecule has 2 aliphatic heterocycles. The summed E-state index contributed by atoms with van der Waals surface area (Å²) in [6, 6.07) is 20.5. The highest BCUT2D eigenvalue weighted by atomic mass is 35.5. The molecule has 6 rings (SSSR count). The summed E-state index contributed by atoms with van der Waals surface area (Å²) in [4.78, 5) is 13.6. The van der Waals surface area contributed by atoms with Crippen molar-refractivity contribution >= 4 is 40.3 Å². The molecule has 0 radical (unpaired) electrons. The standard InChI is InChI=1S/C30H31ClN6S/c1-21-11-16-35(17-12-21)26-10-9-23(18-24(26)31)37-29(28(34-30(37)38)25-7-2-3-14-33-25)27-8-5-15-36(27)20-22-6-4-13-32-19-22/h2-10,13-15,18-19,21,28-29H,11-12,16-17,20H2,1H3,(H,34,38)/t28-,29-/m0/s1. The molecular weight excluding hydrogens is 512 g/mol. The summed E-state index contributed by atoms with van der Waals surface area (Å²) >= 11 is 12.9. The number of benzene rings is 1. The molecule has 0 unspecified atom stereocenters. The van der Waals surface area contributed by atoms with Crippen LogP contribution in [0.15, 0.2) is 85.5 Å². The first-order chi connectivity index (χ1) is 18.6. The molecule has 8 heteroatoms. The Morgan fingerprint density at radius 3 is 2.63 bits per heavy atom. The van der Waals surface area contributed by atoms with Crippen LogP contribution in [0.2, 0.25) is 5.02 Å². The number of piperidine rings is 1. The average Bonchev–Trinajstić information content (AvgIpc) is 3.53. The second kappa shape index (κ2) is 10.8. The third-order valence-corrected chi connectivity index (χ3v) is 8.29. The molecule has 2 fully saturated rings. The minimum absolute atomic E-state index is 0.109. The van der Waals surface area contributed by atoms with Gasteiger partial charge in [-0.25, -0.2) is 0 Å². The first-order valence-electron chi connectivity index (χ1n) is 13.2. The van der Waals surface area contributed by atoms with Crippen LogP contribution in [-0.4, -0.2) is 32.7 Å². The molecule has 6 nitrogen and oxygen atoms in total. The van der Waals surface area contributed by atoms with Crippen LogP contribution < -0.4 is 15.1 Å². The molecule has 0 bridgehead atoms. The second-order valence-electron chi connectivity index (χ2n) is 10.2. The van der Waals surface area contributed by atoms with Crippen molar-refractivity contribution in [2.45, 2.75) is 38.4 Å². The molecule has 0 saturated carbocycles. The molecule has 38 heavy (non-hydrogen) atoms. The SMILES string of the molecule is CC1CCN(c2ccc(N3C(=S)N[C@@H](c4ccccn4)[C@@H]3c3cccn3Cc3cccnc3)cc2Cl)CC1. The largest absolute Gasteiger partial charge is 0.370 e. The summed E-state index contributed by atoms with van der Waals surface area (Å²) in [5.74, 6) is 0.768. The number of anilines is 2. The Kier molecular flexibility index (Phi) is 7.04. The van der Waals surface area contributed by atoms with Crippen LogP contribution in [0.5, 0.6) is 0 Å². The van der Waals surface area contributed by atoms with Crippen molar-refractivity contribution in [3.63, 3.8) is 0 Å². The molecular formula is C30H31ClN6S. The molecule has 2 aliphatic rings. The third kappa shape index (κ3) is 4.88. The van der Waals surface area contributed by atoms with Crippen LogP contribution in [0.25, 0.3) is 0 Å². The zero-order chi connectivity index (χ0) is 26.1. The molecule has 0 spiro atoms. The predicted octanol–water partition coefficient (Wildman–Crippen LogP) is 6.39. The number of hydrogen-bond donors (Lipinski definition) is 1. The van der Waals surface area contributed by atoms with E-state index in [9.17, 15) is 0 Å². The Bertz CT molecular complexity index is 1400. The van der Waals surface area contributed by atoms with Crippen LogP contribution in [-0.2, 0) is 6.54 Å². The molecule has 5 heterocycles. The smallest absolute Gasteiger partial charge is 0.174 e. The summed E-state index contributed by atoms with van der Waals surface area (Å²) in [7, 11) is 0. The van der Waals surface area contributed by atoms with E-state index in [1.54, 1.807) is 6.20 Å². The van der Waals surface area contributed by atoms with E-state index in [2.05, 4.69) is 80.3 Å². The maximum atomic E-state index is 6.93. The van der Waals surface area contributed by atoms with Crippen molar-refractivity contribution in [3.05, 3.63) is 107 Å². The molecule has 4 aromatic rings. The Balaban J connectivity index is 1.38. The summed E-state index contributed by atoms with van der Waals surface area (Å²) in [5.41, 5.74) is 5.30. The molecule has 2 saturated heterocycles. The van der Waals surface area contributed by atoms with Crippen LogP contribution in [0.4, 0.5) is 11.4 Å². The van der Waals surface area contributed by atoms with Gasteiger partial charge >= 0.3 is 0 Å². The highest BCUT2D eigenvalue weighted by Gasteiger charge is 2.42. The number of thiocarbonyl (C=S) groups is 1. The maximum absolute atomic E-state index is 6.93. The summed E-state index contributed by atoms with van der Waals surface area (Å²) in [6.07, 6.45) is 10.1. The summed E-state index contributed by atoms with van der Waals surface area (Å²) in [5, 5.41) is 4.98. The number of pyridine rings is 2. The van der Waals surface area contributed by atoms with Gasteiger partial charge in [-0.1, -0.05) is 30.7 Å². The Hall–Kier alpha value is -3.42. The fraction of sp³-hybridized carbons (Fsp3) is 0.300. The Labute approximate surface area is 234 Å². The number of aromatic nitrogens is 3. The number of halogens is 1. The topological polar surface area (TPSA) is 49.2 Å². The minimum Gasteiger partial charge on any atom is -0.370 e. The Morgan fingerprint density at radius 1 is 1.03 bits per heavy atom. The van der Waals surface area contributed by atoms with Gasteiger partial charge in [-0.15, -0.1) is 0 Å². The molecule has 0 amide bonds. The van der Waals surface area contributed by atoms with Gasteiger partial charge in [0.05, 0.1) is 22.4 Å². The minimum atomic E-state index is -0.117. The molecule has 1 aromatic carbocycles. The van der Waals surface area contributed by atoms with Crippen molar-refractivity contribution in [2.75, 3.05) is 22.9 Å². The average molecular weight is 543 g/mol. The van der Waals surface area contributed by atoms with E-state index in [0.29, 0.717) is 5.11 Å². The van der Waals surface area contributed by atoms with Gasteiger partial charge in [-0.3, -0.25) is 9.97 Å². The zero-order valence-electron chi connectivity index (χ0n) is 21.4. The number of rotatable bonds is 6. The first-order valence-corrected chi connectivity index (χ1v) is 14.0. The predicted molar refractivity (Wildman–Crippen MR) is 158 cm³/mol. The summed E-state index contributed by atoms with van der Waals surface area (Å²) < 4.78 is 2.27. The van der Waals surface area contributed by atoms with Crippen molar-refractivity contribution in [2.24, 2.45) is 5.92 Å². The quantitative estimate of drug-likeness (QED) is 0.285. The monoisotopic (exact) mass is 542 g/mol. The van der Waals surface area contributed by atoms with Gasteiger partial charge in [0.1, 0.15) is 6.04 Å². The second-order valence-corrected chi connectivity index (χ2v) is 11.0. The van der Waals surface area contributed by atoms with E-state index in [1.807, 2.05) is 30.6 Å². The van der Waals surface area contributed by atoms with E-state index in [-0.39, 0.29) is 12.1 Å². The number of nitrogens with one attached hydrogen (secondary N) is 1. The molecule has 2 atom stereocenters. The molecule has 194 valence electrons. The fourth-order valence-electron chi connectivity index (χ4n) is 5.61. The van der Waals surface area contributed by atoms with Crippen LogP contribution in [0, 0.1) is 5.92 Å². The molecule has 0 aliphatic carbocycles.